The minimum absolute atomic E-state index is 0. The largest absolute Gasteiger partial charge is 1.00 e. The number of carbonyl (C=O) groups is 2. The molecular weight excluding hydrogens is 358 g/mol. The van der Waals surface area contributed by atoms with E-state index in [9.17, 15) is 27.7 Å². The zero-order chi connectivity index (χ0) is 17.2. The summed E-state index contributed by atoms with van der Waals surface area (Å²) in [5.74, 6) is -2.43. The summed E-state index contributed by atoms with van der Waals surface area (Å²) in [6.45, 7) is 4.29. The molecule has 0 aromatic heterocycles. The zero-order valence-electron chi connectivity index (χ0n) is 15.1. The molecule has 0 heterocycles. The molecule has 0 spiro atoms. The molecule has 1 atom stereocenters. The van der Waals surface area contributed by atoms with Gasteiger partial charge < -0.3 is 19.2 Å². The summed E-state index contributed by atoms with van der Waals surface area (Å²) in [7, 11) is -5.07. The Kier molecular flexibility index (Phi) is 19.8. The van der Waals surface area contributed by atoms with Gasteiger partial charge in [0.2, 0.25) is 0 Å². The Morgan fingerprint density at radius 3 is 1.96 bits per heavy atom. The fraction of sp³-hybridized carbons (Fsp3) is 0.857. The summed E-state index contributed by atoms with van der Waals surface area (Å²) in [5, 5.41) is 8.13. The van der Waals surface area contributed by atoms with Crippen molar-refractivity contribution in [3.05, 3.63) is 0 Å². The molecule has 0 saturated carbocycles. The van der Waals surface area contributed by atoms with Crippen molar-refractivity contribution in [2.24, 2.45) is 5.92 Å². The summed E-state index contributed by atoms with van der Waals surface area (Å²) < 4.78 is 37.1. The predicted molar refractivity (Wildman–Crippen MR) is 76.6 cm³/mol. The van der Waals surface area contributed by atoms with Gasteiger partial charge >= 0.3 is 65.1 Å². The topological polar surface area (TPSA) is 124 Å². The molecule has 0 rings (SSSR count). The van der Waals surface area contributed by atoms with E-state index < -0.39 is 33.7 Å². The number of rotatable bonds is 12. The molecule has 24 heavy (non-hydrogen) atoms. The number of unbranched alkanes of at least 4 members (excludes halogenated alkanes) is 4. The van der Waals surface area contributed by atoms with Crippen LogP contribution in [0.2, 0.25) is 0 Å². The number of aliphatic carboxylic acids is 1. The molecule has 0 bridgehead atoms. The second-order valence-electron chi connectivity index (χ2n) is 5.68. The first-order valence-electron chi connectivity index (χ1n) is 7.45. The number of carboxylic acids is 1. The number of carboxylic acid groups (broad SMARTS) is 1. The van der Waals surface area contributed by atoms with Crippen LogP contribution in [0.4, 0.5) is 0 Å². The van der Waals surface area contributed by atoms with Gasteiger partial charge in [0.25, 0.3) is 0 Å². The van der Waals surface area contributed by atoms with Crippen LogP contribution in [0.5, 0.6) is 0 Å². The van der Waals surface area contributed by atoms with Gasteiger partial charge in [0.1, 0.15) is 10.1 Å². The van der Waals surface area contributed by atoms with Crippen LogP contribution in [0.25, 0.3) is 0 Å². The van der Waals surface area contributed by atoms with Crippen molar-refractivity contribution >= 4 is 22.1 Å². The van der Waals surface area contributed by atoms with Gasteiger partial charge in [0, 0.05) is 12.4 Å². The van der Waals surface area contributed by atoms with Crippen LogP contribution >= 0.6 is 0 Å². The SMILES string of the molecule is CC(C)CCCCCCCOC(=O)C(CC(=O)[O-])S(=O)(=O)[O-].[Na+].[Na+]. The van der Waals surface area contributed by atoms with Crippen molar-refractivity contribution in [1.29, 1.82) is 0 Å². The van der Waals surface area contributed by atoms with Crippen LogP contribution in [-0.2, 0) is 24.4 Å². The predicted octanol–water partition coefficient (Wildman–Crippen LogP) is -5.41. The Hall–Kier alpha value is 0.850. The second kappa shape index (κ2) is 16.1. The van der Waals surface area contributed by atoms with Crippen molar-refractivity contribution < 1.29 is 91.5 Å². The minimum atomic E-state index is -5.07. The molecule has 0 aromatic carbocycles. The summed E-state index contributed by atoms with van der Waals surface area (Å²) in [4.78, 5) is 21.8. The molecule has 0 amide bonds. The fourth-order valence-corrected chi connectivity index (χ4v) is 2.55. The Bertz CT molecular complexity index is 452. The maximum atomic E-state index is 11.4. The van der Waals surface area contributed by atoms with Gasteiger partial charge in [-0.05, 0) is 12.3 Å². The number of carbonyl (C=O) groups excluding carboxylic acids is 2. The third-order valence-corrected chi connectivity index (χ3v) is 4.19. The first-order chi connectivity index (χ1) is 10.1. The van der Waals surface area contributed by atoms with Crippen LogP contribution < -0.4 is 64.2 Å². The molecule has 0 aliphatic heterocycles. The smallest absolute Gasteiger partial charge is 0.747 e. The molecule has 0 aromatic rings. The molecular formula is C14H24Na2O7S. The van der Waals surface area contributed by atoms with E-state index in [1.165, 1.54) is 6.42 Å². The van der Waals surface area contributed by atoms with Gasteiger partial charge in [-0.3, -0.25) is 4.79 Å². The average Bonchev–Trinajstić information content (AvgIpc) is 2.37. The zero-order valence-corrected chi connectivity index (χ0v) is 19.9. The van der Waals surface area contributed by atoms with E-state index in [1.807, 2.05) is 0 Å². The van der Waals surface area contributed by atoms with Gasteiger partial charge in [-0.15, -0.1) is 0 Å². The van der Waals surface area contributed by atoms with E-state index in [1.54, 1.807) is 0 Å². The van der Waals surface area contributed by atoms with Gasteiger partial charge in [-0.1, -0.05) is 46.0 Å². The Labute approximate surface area is 188 Å². The summed E-state index contributed by atoms with van der Waals surface area (Å²) in [6, 6.07) is 0. The van der Waals surface area contributed by atoms with Crippen molar-refractivity contribution in [3.8, 4) is 0 Å². The number of ether oxygens (including phenoxy) is 1. The molecule has 130 valence electrons. The van der Waals surface area contributed by atoms with E-state index in [0.717, 1.165) is 25.7 Å². The maximum Gasteiger partial charge on any atom is 1.00 e. The van der Waals surface area contributed by atoms with Crippen molar-refractivity contribution in [1.82, 2.24) is 0 Å². The first kappa shape index (κ1) is 29.6. The third-order valence-electron chi connectivity index (χ3n) is 3.13. The van der Waals surface area contributed by atoms with Crippen LogP contribution in [-0.4, -0.2) is 36.8 Å². The van der Waals surface area contributed by atoms with E-state index in [2.05, 4.69) is 18.6 Å². The Balaban J connectivity index is -0.00000220. The molecule has 0 radical (unpaired) electrons. The van der Waals surface area contributed by atoms with E-state index in [-0.39, 0.29) is 65.7 Å². The summed E-state index contributed by atoms with van der Waals surface area (Å²) in [6.07, 6.45) is 4.55. The molecule has 0 saturated heterocycles. The number of esters is 1. The van der Waals surface area contributed by atoms with Gasteiger partial charge in [-0.2, -0.15) is 0 Å². The standard InChI is InChI=1S/C14H26O7S.2Na/c1-11(2)8-6-4-3-5-7-9-21-14(17)12(10-13(15)16)22(18,19)20;;/h11-12H,3-10H2,1-2H3,(H,15,16)(H,18,19,20);;/q;2*+1/p-2. The molecule has 7 nitrogen and oxygen atoms in total. The summed E-state index contributed by atoms with van der Waals surface area (Å²) in [5.41, 5.74) is 0. The molecule has 0 N–H and O–H groups in total. The normalized spacial score (nSPS) is 12.0. The quantitative estimate of drug-likeness (QED) is 0.143. The van der Waals surface area contributed by atoms with Gasteiger partial charge in [-0.25, -0.2) is 8.42 Å². The number of hydrogen-bond acceptors (Lipinski definition) is 7. The van der Waals surface area contributed by atoms with Crippen LogP contribution in [0.1, 0.15) is 58.8 Å². The van der Waals surface area contributed by atoms with Gasteiger partial charge in [0.05, 0.1) is 6.61 Å². The first-order valence-corrected chi connectivity index (χ1v) is 8.93. The fourth-order valence-electron chi connectivity index (χ4n) is 1.91. The molecule has 1 unspecified atom stereocenters. The van der Waals surface area contributed by atoms with E-state index >= 15 is 0 Å². The Morgan fingerprint density at radius 1 is 1.00 bits per heavy atom. The monoisotopic (exact) mass is 382 g/mol. The average molecular weight is 382 g/mol. The van der Waals surface area contributed by atoms with E-state index in [4.69, 9.17) is 0 Å². The second-order valence-corrected chi connectivity index (χ2v) is 7.23. The van der Waals surface area contributed by atoms with Crippen molar-refractivity contribution in [2.45, 2.75) is 64.0 Å². The number of hydrogen-bond donors (Lipinski definition) is 0. The van der Waals surface area contributed by atoms with Crippen LogP contribution in [0.3, 0.4) is 0 Å². The van der Waals surface area contributed by atoms with Crippen molar-refractivity contribution in [2.75, 3.05) is 6.61 Å². The molecule has 0 fully saturated rings. The van der Waals surface area contributed by atoms with E-state index in [0.29, 0.717) is 12.3 Å². The van der Waals surface area contributed by atoms with Crippen molar-refractivity contribution in [3.63, 3.8) is 0 Å². The molecule has 10 heteroatoms. The molecule has 0 aliphatic carbocycles. The van der Waals surface area contributed by atoms with Crippen LogP contribution in [0, 0.1) is 5.92 Å². The third kappa shape index (κ3) is 16.3. The van der Waals surface area contributed by atoms with Crippen LogP contribution in [0.15, 0.2) is 0 Å². The minimum Gasteiger partial charge on any atom is -0.747 e. The molecule has 0 aliphatic rings. The Morgan fingerprint density at radius 2 is 1.50 bits per heavy atom. The summed E-state index contributed by atoms with van der Waals surface area (Å²) >= 11 is 0. The van der Waals surface area contributed by atoms with Gasteiger partial charge in [0.15, 0.2) is 5.25 Å². The maximum absolute atomic E-state index is 11.4.